The Balaban J connectivity index is 1.68. The summed E-state index contributed by atoms with van der Waals surface area (Å²) >= 11 is 0. The van der Waals surface area contributed by atoms with E-state index in [-0.39, 0.29) is 5.66 Å². The lowest BCUT2D eigenvalue weighted by Gasteiger charge is -2.46. The minimum Gasteiger partial charge on any atom is -0.313 e. The van der Waals surface area contributed by atoms with E-state index >= 15 is 0 Å². The molecular formula is C19H36N2. The molecule has 3 rings (SSSR count). The van der Waals surface area contributed by atoms with Crippen LogP contribution in [0.4, 0.5) is 0 Å². The van der Waals surface area contributed by atoms with Crippen molar-refractivity contribution in [2.24, 2.45) is 35.1 Å². The molecule has 0 atom stereocenters. The van der Waals surface area contributed by atoms with E-state index in [2.05, 4.69) is 0 Å². The van der Waals surface area contributed by atoms with Crippen LogP contribution >= 0.6 is 0 Å². The fourth-order valence-electron chi connectivity index (χ4n) is 5.76. The molecule has 0 unspecified atom stereocenters. The van der Waals surface area contributed by atoms with Crippen LogP contribution in [-0.2, 0) is 0 Å². The van der Waals surface area contributed by atoms with Crippen LogP contribution in [0.2, 0.25) is 0 Å². The lowest BCUT2D eigenvalue weighted by Crippen LogP contribution is -2.52. The van der Waals surface area contributed by atoms with Crippen LogP contribution in [0.15, 0.2) is 0 Å². The standard InChI is InChI=1S/C19H36N2/c20-19(21)13-11-17(12-14-19)18(15-7-3-1-4-8-15)16-9-5-2-6-10-16/h15-18H,1-14,20-21H2. The van der Waals surface area contributed by atoms with Crippen LogP contribution in [0.25, 0.3) is 0 Å². The summed E-state index contributed by atoms with van der Waals surface area (Å²) < 4.78 is 0. The molecule has 0 amide bonds. The third kappa shape index (κ3) is 4.01. The van der Waals surface area contributed by atoms with Gasteiger partial charge in [0.2, 0.25) is 0 Å². The predicted molar refractivity (Wildman–Crippen MR) is 89.7 cm³/mol. The second-order valence-electron chi connectivity index (χ2n) is 8.44. The molecule has 0 aromatic carbocycles. The van der Waals surface area contributed by atoms with Gasteiger partial charge in [-0.3, -0.25) is 0 Å². The third-order valence-electron chi connectivity index (χ3n) is 6.89. The van der Waals surface area contributed by atoms with Gasteiger partial charge in [-0.15, -0.1) is 0 Å². The minimum atomic E-state index is -0.361. The maximum atomic E-state index is 6.17. The van der Waals surface area contributed by atoms with Crippen molar-refractivity contribution in [2.75, 3.05) is 0 Å². The van der Waals surface area contributed by atoms with E-state index < -0.39 is 0 Å². The molecule has 2 nitrogen and oxygen atoms in total. The number of rotatable bonds is 3. The first-order chi connectivity index (χ1) is 10.2. The molecule has 0 aromatic heterocycles. The van der Waals surface area contributed by atoms with Crippen molar-refractivity contribution in [3.8, 4) is 0 Å². The molecule has 3 saturated carbocycles. The van der Waals surface area contributed by atoms with Gasteiger partial charge in [0, 0.05) is 0 Å². The molecule has 0 saturated heterocycles. The van der Waals surface area contributed by atoms with Crippen LogP contribution in [-0.4, -0.2) is 5.66 Å². The van der Waals surface area contributed by atoms with Gasteiger partial charge in [0.15, 0.2) is 0 Å². The fraction of sp³-hybridized carbons (Fsp3) is 1.00. The second-order valence-corrected chi connectivity index (χ2v) is 8.44. The van der Waals surface area contributed by atoms with Crippen molar-refractivity contribution in [3.05, 3.63) is 0 Å². The summed E-state index contributed by atoms with van der Waals surface area (Å²) in [4.78, 5) is 0. The molecule has 3 aliphatic rings. The molecule has 0 heterocycles. The Hall–Kier alpha value is -0.0800. The van der Waals surface area contributed by atoms with Crippen LogP contribution in [0.5, 0.6) is 0 Å². The van der Waals surface area contributed by atoms with Crippen molar-refractivity contribution in [1.29, 1.82) is 0 Å². The quantitative estimate of drug-likeness (QED) is 0.749. The van der Waals surface area contributed by atoms with Crippen molar-refractivity contribution >= 4 is 0 Å². The highest BCUT2D eigenvalue weighted by molar-refractivity contribution is 4.92. The van der Waals surface area contributed by atoms with E-state index in [0.717, 1.165) is 36.5 Å². The fourth-order valence-corrected chi connectivity index (χ4v) is 5.76. The van der Waals surface area contributed by atoms with Gasteiger partial charge in [-0.1, -0.05) is 64.2 Å². The Morgan fingerprint density at radius 2 is 0.952 bits per heavy atom. The highest BCUT2D eigenvalue weighted by Crippen LogP contribution is 2.47. The SMILES string of the molecule is NC1(N)CCC(C(C2CCCCC2)C2CCCCC2)CC1. The van der Waals surface area contributed by atoms with Crippen molar-refractivity contribution in [2.45, 2.75) is 95.6 Å². The first-order valence-electron chi connectivity index (χ1n) is 9.73. The average Bonchev–Trinajstić information content (AvgIpc) is 2.51. The van der Waals surface area contributed by atoms with Gasteiger partial charge in [0.05, 0.1) is 5.66 Å². The molecule has 0 aromatic rings. The van der Waals surface area contributed by atoms with Gasteiger partial charge in [-0.05, 0) is 49.4 Å². The summed E-state index contributed by atoms with van der Waals surface area (Å²) in [6, 6.07) is 0. The van der Waals surface area contributed by atoms with E-state index in [1.165, 1.54) is 77.0 Å². The number of hydrogen-bond donors (Lipinski definition) is 2. The average molecular weight is 293 g/mol. The first kappa shape index (κ1) is 15.8. The molecule has 122 valence electrons. The molecule has 0 radical (unpaired) electrons. The highest BCUT2D eigenvalue weighted by atomic mass is 15.0. The Morgan fingerprint density at radius 1 is 0.571 bits per heavy atom. The molecule has 2 heteroatoms. The van der Waals surface area contributed by atoms with E-state index in [4.69, 9.17) is 11.5 Å². The highest BCUT2D eigenvalue weighted by Gasteiger charge is 2.39. The van der Waals surface area contributed by atoms with E-state index in [0.29, 0.717) is 0 Å². The van der Waals surface area contributed by atoms with Gasteiger partial charge >= 0.3 is 0 Å². The Labute approximate surface area is 131 Å². The summed E-state index contributed by atoms with van der Waals surface area (Å²) in [5, 5.41) is 0. The molecule has 0 bridgehead atoms. The number of nitrogens with two attached hydrogens (primary N) is 2. The number of hydrogen-bond acceptors (Lipinski definition) is 2. The molecular weight excluding hydrogens is 256 g/mol. The maximum Gasteiger partial charge on any atom is 0.0636 e. The molecule has 3 fully saturated rings. The Bertz CT molecular complexity index is 286. The zero-order chi connectivity index (χ0) is 14.7. The van der Waals surface area contributed by atoms with Crippen molar-refractivity contribution in [3.63, 3.8) is 0 Å². The van der Waals surface area contributed by atoms with Gasteiger partial charge in [-0.2, -0.15) is 0 Å². The Morgan fingerprint density at radius 3 is 1.38 bits per heavy atom. The smallest absolute Gasteiger partial charge is 0.0636 e. The summed E-state index contributed by atoms with van der Waals surface area (Å²) in [7, 11) is 0. The molecule has 3 aliphatic carbocycles. The van der Waals surface area contributed by atoms with Crippen molar-refractivity contribution in [1.82, 2.24) is 0 Å². The van der Waals surface area contributed by atoms with E-state index in [9.17, 15) is 0 Å². The van der Waals surface area contributed by atoms with Crippen molar-refractivity contribution < 1.29 is 0 Å². The van der Waals surface area contributed by atoms with Gasteiger partial charge in [0.25, 0.3) is 0 Å². The summed E-state index contributed by atoms with van der Waals surface area (Å²) in [5.74, 6) is 3.97. The van der Waals surface area contributed by atoms with E-state index in [1.807, 2.05) is 0 Å². The van der Waals surface area contributed by atoms with Crippen LogP contribution in [0.3, 0.4) is 0 Å². The molecule has 4 N–H and O–H groups in total. The monoisotopic (exact) mass is 292 g/mol. The van der Waals surface area contributed by atoms with E-state index in [1.54, 1.807) is 0 Å². The second kappa shape index (κ2) is 7.00. The lowest BCUT2D eigenvalue weighted by molar-refractivity contribution is 0.0540. The topological polar surface area (TPSA) is 52.0 Å². The molecule has 0 spiro atoms. The Kier molecular flexibility index (Phi) is 5.27. The van der Waals surface area contributed by atoms with Crippen LogP contribution in [0.1, 0.15) is 89.9 Å². The molecule has 21 heavy (non-hydrogen) atoms. The molecule has 0 aliphatic heterocycles. The zero-order valence-corrected chi connectivity index (χ0v) is 13.9. The summed E-state index contributed by atoms with van der Waals surface area (Å²) in [6.07, 6.45) is 19.6. The van der Waals surface area contributed by atoms with Gasteiger partial charge in [-0.25, -0.2) is 0 Å². The summed E-state index contributed by atoms with van der Waals surface area (Å²) in [5.41, 5.74) is 12.0. The zero-order valence-electron chi connectivity index (χ0n) is 13.9. The lowest BCUT2D eigenvalue weighted by atomic mass is 9.61. The summed E-state index contributed by atoms with van der Waals surface area (Å²) in [6.45, 7) is 0. The normalized spacial score (nSPS) is 29.9. The first-order valence-corrected chi connectivity index (χ1v) is 9.73. The van der Waals surface area contributed by atoms with Gasteiger partial charge < -0.3 is 11.5 Å². The largest absolute Gasteiger partial charge is 0.313 e. The van der Waals surface area contributed by atoms with Crippen LogP contribution in [0, 0.1) is 23.7 Å². The third-order valence-corrected chi connectivity index (χ3v) is 6.89. The van der Waals surface area contributed by atoms with Gasteiger partial charge in [0.1, 0.15) is 0 Å². The predicted octanol–water partition coefficient (Wildman–Crippen LogP) is 4.57. The maximum absolute atomic E-state index is 6.17. The van der Waals surface area contributed by atoms with Crippen LogP contribution < -0.4 is 11.5 Å². The minimum absolute atomic E-state index is 0.361.